The standard InChI is InChI=1S/C14H15F3O3/c15-14(16,17)20-12-7-5-10(6-8-12)9-1-3-11(4-2-9)13(18)19/h5-9,11H,1-4H2,(H,18,19)/t9-,11-. The lowest BCUT2D eigenvalue weighted by molar-refractivity contribution is -0.274. The lowest BCUT2D eigenvalue weighted by atomic mass is 9.79. The van der Waals surface area contributed by atoms with Gasteiger partial charge in [-0.2, -0.15) is 0 Å². The SMILES string of the molecule is O=C(O)[C@H]1CC[C@H](c2ccc(OC(F)(F)F)cc2)CC1. The Balaban J connectivity index is 1.96. The number of alkyl halides is 3. The molecule has 0 aliphatic heterocycles. The number of carbonyl (C=O) groups is 1. The highest BCUT2D eigenvalue weighted by Crippen LogP contribution is 2.36. The Bertz CT molecular complexity index is 460. The Kier molecular flexibility index (Phi) is 4.20. The normalized spacial score (nSPS) is 23.4. The van der Waals surface area contributed by atoms with Gasteiger partial charge in [-0.1, -0.05) is 12.1 Å². The number of benzene rings is 1. The summed E-state index contributed by atoms with van der Waals surface area (Å²) in [5, 5.41) is 8.92. The highest BCUT2D eigenvalue weighted by atomic mass is 19.4. The molecule has 0 spiro atoms. The molecule has 1 fully saturated rings. The predicted molar refractivity (Wildman–Crippen MR) is 65.5 cm³/mol. The summed E-state index contributed by atoms with van der Waals surface area (Å²) in [5.41, 5.74) is 0.934. The number of rotatable bonds is 3. The number of halogens is 3. The van der Waals surface area contributed by atoms with Crippen molar-refractivity contribution < 1.29 is 27.8 Å². The van der Waals surface area contributed by atoms with Crippen molar-refractivity contribution in [1.29, 1.82) is 0 Å². The van der Waals surface area contributed by atoms with E-state index in [4.69, 9.17) is 5.11 Å². The molecule has 0 amide bonds. The van der Waals surface area contributed by atoms with E-state index in [9.17, 15) is 18.0 Å². The smallest absolute Gasteiger partial charge is 0.481 e. The Labute approximate surface area is 114 Å². The first-order valence-corrected chi connectivity index (χ1v) is 6.43. The molecule has 20 heavy (non-hydrogen) atoms. The van der Waals surface area contributed by atoms with E-state index in [1.807, 2.05) is 0 Å². The van der Waals surface area contributed by atoms with Crippen molar-refractivity contribution in [3.63, 3.8) is 0 Å². The molecule has 0 bridgehead atoms. The quantitative estimate of drug-likeness (QED) is 0.916. The number of hydrogen-bond acceptors (Lipinski definition) is 2. The van der Waals surface area contributed by atoms with Gasteiger partial charge < -0.3 is 9.84 Å². The van der Waals surface area contributed by atoms with Crippen LogP contribution in [0.25, 0.3) is 0 Å². The number of ether oxygens (including phenoxy) is 1. The third-order valence-electron chi connectivity index (χ3n) is 3.66. The van der Waals surface area contributed by atoms with Crippen molar-refractivity contribution in [3.8, 4) is 5.75 Å². The molecule has 110 valence electrons. The van der Waals surface area contributed by atoms with Gasteiger partial charge in [-0.3, -0.25) is 4.79 Å². The maximum atomic E-state index is 12.0. The highest BCUT2D eigenvalue weighted by molar-refractivity contribution is 5.70. The minimum absolute atomic E-state index is 0.213. The third-order valence-corrected chi connectivity index (χ3v) is 3.66. The topological polar surface area (TPSA) is 46.5 Å². The van der Waals surface area contributed by atoms with Crippen molar-refractivity contribution in [3.05, 3.63) is 29.8 Å². The number of carboxylic acids is 1. The Morgan fingerprint density at radius 3 is 2.10 bits per heavy atom. The van der Waals surface area contributed by atoms with Gasteiger partial charge in [0.05, 0.1) is 5.92 Å². The van der Waals surface area contributed by atoms with Crippen molar-refractivity contribution in [1.82, 2.24) is 0 Å². The lowest BCUT2D eigenvalue weighted by Gasteiger charge is -2.26. The van der Waals surface area contributed by atoms with Crippen LogP contribution in [-0.2, 0) is 4.79 Å². The van der Waals surface area contributed by atoms with Gasteiger partial charge in [0.2, 0.25) is 0 Å². The van der Waals surface area contributed by atoms with Crippen LogP contribution in [0.5, 0.6) is 5.75 Å². The van der Waals surface area contributed by atoms with Crippen LogP contribution in [0.4, 0.5) is 13.2 Å². The second-order valence-corrected chi connectivity index (χ2v) is 5.00. The third kappa shape index (κ3) is 3.88. The van der Waals surface area contributed by atoms with E-state index in [-0.39, 0.29) is 17.6 Å². The molecule has 0 aromatic heterocycles. The van der Waals surface area contributed by atoms with Crippen LogP contribution >= 0.6 is 0 Å². The molecule has 1 aliphatic rings. The second-order valence-electron chi connectivity index (χ2n) is 5.00. The summed E-state index contributed by atoms with van der Waals surface area (Å²) in [6, 6.07) is 5.83. The zero-order chi connectivity index (χ0) is 14.8. The summed E-state index contributed by atoms with van der Waals surface area (Å²) in [4.78, 5) is 10.9. The maximum absolute atomic E-state index is 12.0. The van der Waals surface area contributed by atoms with Crippen LogP contribution in [0, 0.1) is 5.92 Å². The van der Waals surface area contributed by atoms with E-state index < -0.39 is 12.3 Å². The van der Waals surface area contributed by atoms with Crippen molar-refractivity contribution in [2.45, 2.75) is 38.0 Å². The fraction of sp³-hybridized carbons (Fsp3) is 0.500. The van der Waals surface area contributed by atoms with Gasteiger partial charge in [-0.15, -0.1) is 13.2 Å². The van der Waals surface area contributed by atoms with Crippen LogP contribution in [0.3, 0.4) is 0 Å². The molecule has 0 unspecified atom stereocenters. The van der Waals surface area contributed by atoms with E-state index in [2.05, 4.69) is 4.74 Å². The minimum atomic E-state index is -4.68. The van der Waals surface area contributed by atoms with Gasteiger partial charge in [0.15, 0.2) is 0 Å². The molecule has 1 aromatic carbocycles. The molecule has 1 aliphatic carbocycles. The number of carboxylic acid groups (broad SMARTS) is 1. The van der Waals surface area contributed by atoms with E-state index in [1.165, 1.54) is 12.1 Å². The van der Waals surface area contributed by atoms with Gasteiger partial charge in [0.1, 0.15) is 5.75 Å². The van der Waals surface area contributed by atoms with Crippen LogP contribution in [0.15, 0.2) is 24.3 Å². The largest absolute Gasteiger partial charge is 0.573 e. The summed E-state index contributed by atoms with van der Waals surface area (Å²) in [5.74, 6) is -1.08. The first kappa shape index (κ1) is 14.7. The van der Waals surface area contributed by atoms with Crippen LogP contribution in [0.1, 0.15) is 37.2 Å². The molecule has 0 radical (unpaired) electrons. The zero-order valence-electron chi connectivity index (χ0n) is 10.7. The molecule has 1 aromatic rings. The Morgan fingerprint density at radius 2 is 1.65 bits per heavy atom. The first-order chi connectivity index (χ1) is 9.35. The Hall–Kier alpha value is -1.72. The molecule has 2 rings (SSSR count). The number of aliphatic carboxylic acids is 1. The van der Waals surface area contributed by atoms with Crippen LogP contribution in [-0.4, -0.2) is 17.4 Å². The molecule has 3 nitrogen and oxygen atoms in total. The predicted octanol–water partition coefficient (Wildman–Crippen LogP) is 3.94. The van der Waals surface area contributed by atoms with E-state index in [1.54, 1.807) is 12.1 Å². The van der Waals surface area contributed by atoms with Crippen LogP contribution in [0.2, 0.25) is 0 Å². The second kappa shape index (κ2) is 5.73. The van der Waals surface area contributed by atoms with E-state index >= 15 is 0 Å². The van der Waals surface area contributed by atoms with Gasteiger partial charge in [0.25, 0.3) is 0 Å². The van der Waals surface area contributed by atoms with Crippen molar-refractivity contribution in [2.75, 3.05) is 0 Å². The Morgan fingerprint density at radius 1 is 1.10 bits per heavy atom. The number of hydrogen-bond donors (Lipinski definition) is 1. The molecule has 0 atom stereocenters. The first-order valence-electron chi connectivity index (χ1n) is 6.43. The van der Waals surface area contributed by atoms with Crippen molar-refractivity contribution in [2.24, 2.45) is 5.92 Å². The summed E-state index contributed by atoms with van der Waals surface area (Å²) >= 11 is 0. The van der Waals surface area contributed by atoms with Gasteiger partial charge in [-0.25, -0.2) is 0 Å². The summed E-state index contributed by atoms with van der Waals surface area (Å²) in [6.07, 6.45) is -1.96. The molecule has 6 heteroatoms. The average Bonchev–Trinajstić information content (AvgIpc) is 2.38. The molecule has 1 saturated carbocycles. The van der Waals surface area contributed by atoms with Gasteiger partial charge in [-0.05, 0) is 49.3 Å². The van der Waals surface area contributed by atoms with Gasteiger partial charge >= 0.3 is 12.3 Å². The summed E-state index contributed by atoms with van der Waals surface area (Å²) < 4.78 is 39.9. The van der Waals surface area contributed by atoms with E-state index in [0.29, 0.717) is 12.8 Å². The maximum Gasteiger partial charge on any atom is 0.573 e. The fourth-order valence-corrected chi connectivity index (χ4v) is 2.62. The molecule has 1 N–H and O–H groups in total. The lowest BCUT2D eigenvalue weighted by Crippen LogP contribution is -2.20. The molecule has 0 saturated heterocycles. The molecule has 0 heterocycles. The molecular weight excluding hydrogens is 273 g/mol. The van der Waals surface area contributed by atoms with Crippen molar-refractivity contribution >= 4 is 5.97 Å². The minimum Gasteiger partial charge on any atom is -0.481 e. The van der Waals surface area contributed by atoms with Gasteiger partial charge in [0, 0.05) is 0 Å². The molecular formula is C14H15F3O3. The zero-order valence-corrected chi connectivity index (χ0v) is 10.7. The highest BCUT2D eigenvalue weighted by Gasteiger charge is 2.31. The van der Waals surface area contributed by atoms with E-state index in [0.717, 1.165) is 18.4 Å². The summed E-state index contributed by atoms with van der Waals surface area (Å²) in [6.45, 7) is 0. The average molecular weight is 288 g/mol. The van der Waals surface area contributed by atoms with Crippen LogP contribution < -0.4 is 4.74 Å². The summed E-state index contributed by atoms with van der Waals surface area (Å²) in [7, 11) is 0. The monoisotopic (exact) mass is 288 g/mol. The fourth-order valence-electron chi connectivity index (χ4n) is 2.62.